The zero-order chi connectivity index (χ0) is 16.2. The van der Waals surface area contributed by atoms with Crippen LogP contribution in [-0.4, -0.2) is 35.5 Å². The first-order valence-corrected chi connectivity index (χ1v) is 7.30. The number of hydrogen-bond donors (Lipinski definition) is 1. The average molecular weight is 318 g/mol. The van der Waals surface area contributed by atoms with Gasteiger partial charge in [-0.1, -0.05) is 6.07 Å². The minimum Gasteiger partial charge on any atom is -0.370 e. The molecule has 1 fully saturated rings. The molecule has 23 heavy (non-hydrogen) atoms. The van der Waals surface area contributed by atoms with Crippen LogP contribution in [0.2, 0.25) is 0 Å². The maximum atomic E-state index is 13.9. The first kappa shape index (κ1) is 15.4. The van der Waals surface area contributed by atoms with Gasteiger partial charge in [0.2, 0.25) is 5.91 Å². The van der Waals surface area contributed by atoms with Gasteiger partial charge >= 0.3 is 0 Å². The van der Waals surface area contributed by atoms with E-state index in [2.05, 4.69) is 4.98 Å². The first-order chi connectivity index (χ1) is 11.1. The number of aromatic amines is 1. The molecule has 1 atom stereocenters. The third kappa shape index (κ3) is 3.65. The van der Waals surface area contributed by atoms with Crippen molar-refractivity contribution in [2.45, 2.75) is 6.10 Å². The van der Waals surface area contributed by atoms with Crippen molar-refractivity contribution in [2.24, 2.45) is 0 Å². The molecule has 4 nitrogen and oxygen atoms in total. The van der Waals surface area contributed by atoms with Crippen LogP contribution in [0.1, 0.15) is 17.4 Å². The molecule has 6 heteroatoms. The number of halogens is 2. The molecule has 1 unspecified atom stereocenters. The highest BCUT2D eigenvalue weighted by Gasteiger charge is 2.26. The van der Waals surface area contributed by atoms with Crippen molar-refractivity contribution in [3.63, 3.8) is 0 Å². The molecule has 120 valence electrons. The molecule has 1 saturated heterocycles. The molecule has 0 radical (unpaired) electrons. The second kappa shape index (κ2) is 6.75. The largest absolute Gasteiger partial charge is 0.370 e. The molecule has 1 aliphatic rings. The lowest BCUT2D eigenvalue weighted by atomic mass is 10.1. The number of aromatic nitrogens is 1. The molecule has 1 amide bonds. The number of carbonyl (C=O) groups excluding carboxylic acids is 1. The summed E-state index contributed by atoms with van der Waals surface area (Å²) in [7, 11) is 0. The summed E-state index contributed by atoms with van der Waals surface area (Å²) in [6.07, 6.45) is 4.33. The molecule has 0 aliphatic carbocycles. The Bertz CT molecular complexity index is 713. The third-order valence-corrected chi connectivity index (χ3v) is 3.71. The molecule has 1 aromatic carbocycles. The van der Waals surface area contributed by atoms with Crippen LogP contribution in [0, 0.1) is 11.6 Å². The summed E-state index contributed by atoms with van der Waals surface area (Å²) in [6.45, 7) is 0.979. The van der Waals surface area contributed by atoms with E-state index in [9.17, 15) is 13.6 Å². The predicted octanol–water partition coefficient (Wildman–Crippen LogP) is 2.91. The first-order valence-electron chi connectivity index (χ1n) is 7.30. The number of morpholine rings is 1. The highest BCUT2D eigenvalue weighted by molar-refractivity contribution is 5.91. The van der Waals surface area contributed by atoms with Crippen LogP contribution >= 0.6 is 0 Å². The Hall–Kier alpha value is -2.47. The lowest BCUT2D eigenvalue weighted by Crippen LogP contribution is -2.41. The summed E-state index contributed by atoms with van der Waals surface area (Å²) < 4.78 is 32.4. The Kier molecular flexibility index (Phi) is 4.52. The van der Waals surface area contributed by atoms with Crippen molar-refractivity contribution in [3.05, 3.63) is 65.5 Å². The smallest absolute Gasteiger partial charge is 0.246 e. The third-order valence-electron chi connectivity index (χ3n) is 3.71. The van der Waals surface area contributed by atoms with Crippen molar-refractivity contribution < 1.29 is 18.3 Å². The number of H-pyrrole nitrogens is 1. The minimum absolute atomic E-state index is 0.171. The van der Waals surface area contributed by atoms with Gasteiger partial charge in [-0.2, -0.15) is 0 Å². The van der Waals surface area contributed by atoms with Crippen LogP contribution in [0.25, 0.3) is 6.08 Å². The fraction of sp³-hybridized carbons (Fsp3) is 0.235. The second-order valence-corrected chi connectivity index (χ2v) is 5.27. The highest BCUT2D eigenvalue weighted by Crippen LogP contribution is 2.25. The van der Waals surface area contributed by atoms with E-state index >= 15 is 0 Å². The number of carbonyl (C=O) groups is 1. The molecule has 0 saturated carbocycles. The van der Waals surface area contributed by atoms with Crippen molar-refractivity contribution in [1.82, 2.24) is 9.88 Å². The van der Waals surface area contributed by atoms with Crippen molar-refractivity contribution in [3.8, 4) is 0 Å². The summed E-state index contributed by atoms with van der Waals surface area (Å²) >= 11 is 0. The fourth-order valence-electron chi connectivity index (χ4n) is 2.51. The summed E-state index contributed by atoms with van der Waals surface area (Å²) in [4.78, 5) is 16.8. The summed E-state index contributed by atoms with van der Waals surface area (Å²) in [6, 6.07) is 7.06. The zero-order valence-corrected chi connectivity index (χ0v) is 12.3. The van der Waals surface area contributed by atoms with Crippen molar-refractivity contribution >= 4 is 12.0 Å². The van der Waals surface area contributed by atoms with Gasteiger partial charge in [0.05, 0.1) is 13.2 Å². The number of hydrogen-bond acceptors (Lipinski definition) is 2. The monoisotopic (exact) mass is 318 g/mol. The summed E-state index contributed by atoms with van der Waals surface area (Å²) in [5, 5.41) is 0. The van der Waals surface area contributed by atoms with Crippen molar-refractivity contribution in [2.75, 3.05) is 19.7 Å². The lowest BCUT2D eigenvalue weighted by molar-refractivity contribution is -0.133. The van der Waals surface area contributed by atoms with E-state index in [-0.39, 0.29) is 18.0 Å². The molecule has 1 aromatic heterocycles. The molecule has 2 heterocycles. The number of rotatable bonds is 3. The molecule has 3 rings (SSSR count). The number of nitrogens with zero attached hydrogens (tertiary/aromatic N) is 1. The van der Waals surface area contributed by atoms with Gasteiger partial charge < -0.3 is 14.6 Å². The molecular weight excluding hydrogens is 302 g/mol. The van der Waals surface area contributed by atoms with E-state index in [1.165, 1.54) is 18.2 Å². The topological polar surface area (TPSA) is 45.3 Å². The normalized spacial score (nSPS) is 18.5. The maximum absolute atomic E-state index is 13.9. The second-order valence-electron chi connectivity index (χ2n) is 5.27. The Morgan fingerprint density at radius 2 is 2.22 bits per heavy atom. The van der Waals surface area contributed by atoms with E-state index in [1.54, 1.807) is 17.2 Å². The fourth-order valence-corrected chi connectivity index (χ4v) is 2.51. The van der Waals surface area contributed by atoms with E-state index in [1.807, 2.05) is 12.1 Å². The molecule has 0 bridgehead atoms. The predicted molar refractivity (Wildman–Crippen MR) is 81.5 cm³/mol. The molecule has 2 aromatic rings. The van der Waals surface area contributed by atoms with E-state index in [0.717, 1.165) is 11.8 Å². The Morgan fingerprint density at radius 3 is 2.96 bits per heavy atom. The van der Waals surface area contributed by atoms with Gasteiger partial charge in [0.25, 0.3) is 0 Å². The number of ether oxygens (including phenoxy) is 1. The van der Waals surface area contributed by atoms with Gasteiger partial charge in [-0.3, -0.25) is 4.79 Å². The standard InChI is InChI=1S/C17H16F2N2O2/c18-12-3-5-14(15(19)10-12)16-11-21(8-9-23-16)17(22)6-4-13-2-1-7-20-13/h1-7,10,16,20H,8-9,11H2/b6-4+. The Labute approximate surface area is 132 Å². The van der Waals surface area contributed by atoms with Crippen LogP contribution in [0.15, 0.2) is 42.6 Å². The van der Waals surface area contributed by atoms with E-state index < -0.39 is 17.7 Å². The van der Waals surface area contributed by atoms with Gasteiger partial charge in [-0.25, -0.2) is 8.78 Å². The SMILES string of the molecule is O=C(/C=C/c1ccc[nH]1)N1CCOC(c2ccc(F)cc2F)C1. The molecule has 0 spiro atoms. The molecular formula is C17H16F2N2O2. The van der Waals surface area contributed by atoms with Gasteiger partial charge in [0.1, 0.15) is 17.7 Å². The van der Waals surface area contributed by atoms with Gasteiger partial charge in [-0.05, 0) is 24.3 Å². The van der Waals surface area contributed by atoms with Crippen LogP contribution in [0.3, 0.4) is 0 Å². The van der Waals surface area contributed by atoms with E-state index in [4.69, 9.17) is 4.74 Å². The van der Waals surface area contributed by atoms with Crippen LogP contribution in [0.4, 0.5) is 8.78 Å². The average Bonchev–Trinajstić information content (AvgIpc) is 3.06. The van der Waals surface area contributed by atoms with E-state index in [0.29, 0.717) is 13.2 Å². The number of benzene rings is 1. The summed E-state index contributed by atoms with van der Waals surface area (Å²) in [5.74, 6) is -1.47. The van der Waals surface area contributed by atoms with Gasteiger partial charge in [-0.15, -0.1) is 0 Å². The minimum atomic E-state index is -0.661. The lowest BCUT2D eigenvalue weighted by Gasteiger charge is -2.32. The Balaban J connectivity index is 1.69. The Morgan fingerprint density at radius 1 is 1.35 bits per heavy atom. The number of amides is 1. The molecule has 1 aliphatic heterocycles. The molecule has 1 N–H and O–H groups in total. The van der Waals surface area contributed by atoms with Crippen LogP contribution in [-0.2, 0) is 9.53 Å². The van der Waals surface area contributed by atoms with Crippen molar-refractivity contribution in [1.29, 1.82) is 0 Å². The zero-order valence-electron chi connectivity index (χ0n) is 12.3. The summed E-state index contributed by atoms with van der Waals surface area (Å²) in [5.41, 5.74) is 1.09. The quantitative estimate of drug-likeness (QED) is 0.885. The maximum Gasteiger partial charge on any atom is 0.246 e. The van der Waals surface area contributed by atoms with Crippen LogP contribution in [0.5, 0.6) is 0 Å². The number of nitrogens with one attached hydrogen (secondary N) is 1. The van der Waals surface area contributed by atoms with Gasteiger partial charge in [0, 0.05) is 36.1 Å². The highest BCUT2D eigenvalue weighted by atomic mass is 19.1. The van der Waals surface area contributed by atoms with Gasteiger partial charge in [0.15, 0.2) is 0 Å². The van der Waals surface area contributed by atoms with Crippen LogP contribution < -0.4 is 0 Å².